The molecular formula is C13H9BrCl2N2O. The Morgan fingerprint density at radius 2 is 2.11 bits per heavy atom. The Morgan fingerprint density at radius 1 is 1.37 bits per heavy atom. The molecule has 2 rings (SSSR count). The number of amides is 1. The molecule has 19 heavy (non-hydrogen) atoms. The van der Waals surface area contributed by atoms with Gasteiger partial charge in [-0.3, -0.25) is 4.79 Å². The van der Waals surface area contributed by atoms with Gasteiger partial charge in [0.15, 0.2) is 5.15 Å². The number of aromatic nitrogens is 1. The van der Waals surface area contributed by atoms with Crippen molar-refractivity contribution < 1.29 is 4.79 Å². The third-order valence-electron chi connectivity index (χ3n) is 2.49. The average molecular weight is 360 g/mol. The molecule has 0 radical (unpaired) electrons. The van der Waals surface area contributed by atoms with E-state index < -0.39 is 0 Å². The molecule has 3 nitrogen and oxygen atoms in total. The summed E-state index contributed by atoms with van der Waals surface area (Å²) in [5, 5.41) is 3.34. The Balaban J connectivity index is 2.31. The first-order valence-corrected chi connectivity index (χ1v) is 6.91. The minimum atomic E-state index is -0.324. The van der Waals surface area contributed by atoms with Crippen molar-refractivity contribution in [3.63, 3.8) is 0 Å². The molecule has 1 aromatic heterocycles. The number of aryl methyl sites for hydroxylation is 1. The maximum atomic E-state index is 12.2. The van der Waals surface area contributed by atoms with E-state index in [2.05, 4.69) is 26.2 Å². The molecule has 0 saturated carbocycles. The number of hydrogen-bond acceptors (Lipinski definition) is 2. The number of hydrogen-bond donors (Lipinski definition) is 1. The van der Waals surface area contributed by atoms with Gasteiger partial charge in [-0.15, -0.1) is 0 Å². The van der Waals surface area contributed by atoms with E-state index in [1.165, 1.54) is 0 Å². The van der Waals surface area contributed by atoms with E-state index in [4.69, 9.17) is 23.2 Å². The Hall–Kier alpha value is -1.10. The van der Waals surface area contributed by atoms with Crippen molar-refractivity contribution in [2.75, 3.05) is 5.32 Å². The van der Waals surface area contributed by atoms with Gasteiger partial charge in [0.1, 0.15) is 0 Å². The first kappa shape index (κ1) is 14.3. The summed E-state index contributed by atoms with van der Waals surface area (Å²) in [6.45, 7) is 1.84. The van der Waals surface area contributed by atoms with Crippen molar-refractivity contribution in [1.82, 2.24) is 4.98 Å². The van der Waals surface area contributed by atoms with E-state index in [1.54, 1.807) is 24.4 Å². The van der Waals surface area contributed by atoms with Crippen LogP contribution in [0, 0.1) is 6.92 Å². The Bertz CT molecular complexity index is 647. The van der Waals surface area contributed by atoms with Gasteiger partial charge in [0.25, 0.3) is 5.91 Å². The van der Waals surface area contributed by atoms with Crippen LogP contribution in [0.2, 0.25) is 10.2 Å². The lowest BCUT2D eigenvalue weighted by molar-refractivity contribution is 0.102. The molecule has 1 amide bonds. The quantitative estimate of drug-likeness (QED) is 0.789. The lowest BCUT2D eigenvalue weighted by Crippen LogP contribution is -2.13. The Morgan fingerprint density at radius 3 is 2.84 bits per heavy atom. The molecule has 0 aliphatic heterocycles. The molecule has 0 spiro atoms. The molecule has 0 fully saturated rings. The fourth-order valence-corrected chi connectivity index (χ4v) is 2.22. The SMILES string of the molecule is Cc1cccc(C(=O)Nc2cc(Br)cnc2Cl)c1Cl. The predicted molar refractivity (Wildman–Crippen MR) is 81.1 cm³/mol. The normalized spacial score (nSPS) is 10.3. The molecule has 0 bridgehead atoms. The summed E-state index contributed by atoms with van der Waals surface area (Å²) in [4.78, 5) is 16.1. The van der Waals surface area contributed by atoms with E-state index >= 15 is 0 Å². The average Bonchev–Trinajstić information content (AvgIpc) is 2.37. The fourth-order valence-electron chi connectivity index (χ4n) is 1.52. The van der Waals surface area contributed by atoms with E-state index in [1.807, 2.05) is 13.0 Å². The van der Waals surface area contributed by atoms with Crippen LogP contribution in [0.3, 0.4) is 0 Å². The molecule has 0 unspecified atom stereocenters. The summed E-state index contributed by atoms with van der Waals surface area (Å²) < 4.78 is 0.725. The van der Waals surface area contributed by atoms with Gasteiger partial charge in [0, 0.05) is 10.7 Å². The van der Waals surface area contributed by atoms with Crippen molar-refractivity contribution in [3.05, 3.63) is 56.2 Å². The van der Waals surface area contributed by atoms with Crippen LogP contribution in [-0.2, 0) is 0 Å². The van der Waals surface area contributed by atoms with Gasteiger partial charge in [-0.25, -0.2) is 4.98 Å². The zero-order chi connectivity index (χ0) is 14.0. The van der Waals surface area contributed by atoms with E-state index in [0.717, 1.165) is 10.0 Å². The molecule has 0 saturated heterocycles. The summed E-state index contributed by atoms with van der Waals surface area (Å²) in [6, 6.07) is 6.95. The molecular weight excluding hydrogens is 351 g/mol. The van der Waals surface area contributed by atoms with Gasteiger partial charge in [-0.05, 0) is 40.5 Å². The summed E-state index contributed by atoms with van der Waals surface area (Å²) in [5.41, 5.74) is 1.67. The highest BCUT2D eigenvalue weighted by Gasteiger charge is 2.13. The van der Waals surface area contributed by atoms with E-state index in [9.17, 15) is 4.79 Å². The van der Waals surface area contributed by atoms with Crippen LogP contribution in [0.5, 0.6) is 0 Å². The van der Waals surface area contributed by atoms with Crippen LogP contribution >= 0.6 is 39.1 Å². The minimum absolute atomic E-state index is 0.223. The Kier molecular flexibility index (Phi) is 4.45. The first-order chi connectivity index (χ1) is 8.99. The van der Waals surface area contributed by atoms with Gasteiger partial charge in [0.2, 0.25) is 0 Å². The van der Waals surface area contributed by atoms with Gasteiger partial charge in [0.05, 0.1) is 16.3 Å². The lowest BCUT2D eigenvalue weighted by atomic mass is 10.1. The number of nitrogens with one attached hydrogen (secondary N) is 1. The number of rotatable bonds is 2. The monoisotopic (exact) mass is 358 g/mol. The van der Waals surface area contributed by atoms with Gasteiger partial charge >= 0.3 is 0 Å². The predicted octanol–water partition coefficient (Wildman–Crippen LogP) is 4.71. The third kappa shape index (κ3) is 3.26. The summed E-state index contributed by atoms with van der Waals surface area (Å²) in [5.74, 6) is -0.324. The highest BCUT2D eigenvalue weighted by atomic mass is 79.9. The molecule has 6 heteroatoms. The van der Waals surface area contributed by atoms with Crippen molar-refractivity contribution in [2.45, 2.75) is 6.92 Å². The Labute approximate surface area is 129 Å². The van der Waals surface area contributed by atoms with Crippen LogP contribution in [0.4, 0.5) is 5.69 Å². The fraction of sp³-hybridized carbons (Fsp3) is 0.0769. The van der Waals surface area contributed by atoms with Gasteiger partial charge in [-0.1, -0.05) is 35.3 Å². The standard InChI is InChI=1S/C13H9BrCl2N2O/c1-7-3-2-4-9(11(7)15)13(19)18-10-5-8(14)6-17-12(10)16/h2-6H,1H3,(H,18,19). The van der Waals surface area contributed by atoms with Crippen LogP contribution in [0.1, 0.15) is 15.9 Å². The van der Waals surface area contributed by atoms with Crippen LogP contribution in [0.25, 0.3) is 0 Å². The van der Waals surface area contributed by atoms with Crippen LogP contribution in [0.15, 0.2) is 34.9 Å². The number of carbonyl (C=O) groups excluding carboxylic acids is 1. The third-order valence-corrected chi connectivity index (χ3v) is 3.73. The van der Waals surface area contributed by atoms with E-state index in [-0.39, 0.29) is 11.1 Å². The number of benzene rings is 1. The number of pyridine rings is 1. The maximum Gasteiger partial charge on any atom is 0.257 e. The van der Waals surface area contributed by atoms with Crippen LogP contribution < -0.4 is 5.32 Å². The first-order valence-electron chi connectivity index (χ1n) is 5.36. The number of nitrogens with zero attached hydrogens (tertiary/aromatic N) is 1. The molecule has 2 aromatic rings. The smallest absolute Gasteiger partial charge is 0.257 e. The highest BCUT2D eigenvalue weighted by Crippen LogP contribution is 2.25. The van der Waals surface area contributed by atoms with Crippen molar-refractivity contribution in [3.8, 4) is 0 Å². The topological polar surface area (TPSA) is 42.0 Å². The summed E-state index contributed by atoms with van der Waals surface area (Å²) in [7, 11) is 0. The second-order valence-electron chi connectivity index (χ2n) is 3.88. The van der Waals surface area contributed by atoms with Crippen LogP contribution in [-0.4, -0.2) is 10.9 Å². The molecule has 1 aromatic carbocycles. The molecule has 1 heterocycles. The van der Waals surface area contributed by atoms with E-state index in [0.29, 0.717) is 16.3 Å². The largest absolute Gasteiger partial charge is 0.319 e. The minimum Gasteiger partial charge on any atom is -0.319 e. The molecule has 0 aliphatic carbocycles. The molecule has 0 atom stereocenters. The highest BCUT2D eigenvalue weighted by molar-refractivity contribution is 9.10. The summed E-state index contributed by atoms with van der Waals surface area (Å²) >= 11 is 15.3. The second kappa shape index (κ2) is 5.90. The lowest BCUT2D eigenvalue weighted by Gasteiger charge is -2.09. The van der Waals surface area contributed by atoms with Gasteiger partial charge in [-0.2, -0.15) is 0 Å². The molecule has 1 N–H and O–H groups in total. The van der Waals surface area contributed by atoms with Crippen molar-refractivity contribution in [1.29, 1.82) is 0 Å². The maximum absolute atomic E-state index is 12.2. The van der Waals surface area contributed by atoms with Crippen molar-refractivity contribution in [2.24, 2.45) is 0 Å². The molecule has 98 valence electrons. The van der Waals surface area contributed by atoms with Gasteiger partial charge < -0.3 is 5.32 Å². The van der Waals surface area contributed by atoms with Crippen molar-refractivity contribution >= 4 is 50.7 Å². The molecule has 0 aliphatic rings. The number of halogens is 3. The summed E-state index contributed by atoms with van der Waals surface area (Å²) in [6.07, 6.45) is 1.55. The number of carbonyl (C=O) groups is 1. The zero-order valence-corrected chi connectivity index (χ0v) is 13.0. The number of anilines is 1. The second-order valence-corrected chi connectivity index (χ2v) is 5.53. The zero-order valence-electron chi connectivity index (χ0n) is 9.88.